The van der Waals surface area contributed by atoms with Crippen LogP contribution in [0.25, 0.3) is 0 Å². The van der Waals surface area contributed by atoms with Crippen molar-refractivity contribution in [2.45, 2.75) is 19.8 Å². The molecule has 0 spiro atoms. The predicted octanol–water partition coefficient (Wildman–Crippen LogP) is 1.33. The molecular formula is C16H22N4O3. The van der Waals surface area contributed by atoms with Gasteiger partial charge in [-0.3, -0.25) is 4.79 Å². The molecule has 124 valence electrons. The molecule has 0 radical (unpaired) electrons. The number of likely N-dealkylation sites (tertiary alicyclic amines) is 1. The molecule has 1 saturated heterocycles. The number of nitrogens with zero attached hydrogens (tertiary/aromatic N) is 2. The molecule has 7 nitrogen and oxygen atoms in total. The maximum Gasteiger partial charge on any atom is 0.332 e. The first-order valence-electron chi connectivity index (χ1n) is 7.64. The van der Waals surface area contributed by atoms with Crippen LogP contribution in [0, 0.1) is 5.92 Å². The molecule has 0 aromatic heterocycles. The van der Waals surface area contributed by atoms with E-state index in [1.807, 2.05) is 11.0 Å². The minimum atomic E-state index is -0.742. The number of nitrogens with two attached hydrogens (primary N) is 1. The normalized spacial score (nSPS) is 15.6. The van der Waals surface area contributed by atoms with Gasteiger partial charge in [0.15, 0.2) is 6.61 Å². The van der Waals surface area contributed by atoms with E-state index < -0.39 is 6.03 Å². The number of ether oxygens (including phenoxy) is 1. The van der Waals surface area contributed by atoms with Crippen molar-refractivity contribution in [2.75, 3.05) is 19.7 Å². The molecule has 0 unspecified atom stereocenters. The Hall–Kier alpha value is -2.57. The van der Waals surface area contributed by atoms with Crippen molar-refractivity contribution in [2.24, 2.45) is 16.8 Å². The Bertz CT molecular complexity index is 580. The topological polar surface area (TPSA) is 97.0 Å². The molecule has 0 atom stereocenters. The average molecular weight is 318 g/mol. The number of hydrogen-bond donors (Lipinski definition) is 2. The van der Waals surface area contributed by atoms with E-state index in [4.69, 9.17) is 10.5 Å². The summed E-state index contributed by atoms with van der Waals surface area (Å²) in [7, 11) is 0. The van der Waals surface area contributed by atoms with Crippen molar-refractivity contribution >= 4 is 18.2 Å². The van der Waals surface area contributed by atoms with Gasteiger partial charge in [0.05, 0.1) is 6.21 Å². The lowest BCUT2D eigenvalue weighted by Gasteiger charge is -2.30. The van der Waals surface area contributed by atoms with Gasteiger partial charge in [-0.2, -0.15) is 5.10 Å². The van der Waals surface area contributed by atoms with Gasteiger partial charge in [0.25, 0.3) is 5.91 Å². The van der Waals surface area contributed by atoms with Gasteiger partial charge in [0.1, 0.15) is 5.75 Å². The molecule has 1 fully saturated rings. The molecule has 1 aliphatic rings. The summed E-state index contributed by atoms with van der Waals surface area (Å²) in [5, 5.41) is 3.70. The van der Waals surface area contributed by atoms with Crippen LogP contribution < -0.4 is 15.9 Å². The van der Waals surface area contributed by atoms with E-state index in [9.17, 15) is 9.59 Å². The SMILES string of the molecule is CC1CCN(C(=O)COc2ccccc2C=NNC(N)=O)CC1. The highest BCUT2D eigenvalue weighted by atomic mass is 16.5. The van der Waals surface area contributed by atoms with Crippen molar-refractivity contribution in [3.05, 3.63) is 29.8 Å². The smallest absolute Gasteiger partial charge is 0.332 e. The Morgan fingerprint density at radius 1 is 1.39 bits per heavy atom. The molecule has 0 bridgehead atoms. The zero-order valence-electron chi connectivity index (χ0n) is 13.2. The summed E-state index contributed by atoms with van der Waals surface area (Å²) >= 11 is 0. The molecular weight excluding hydrogens is 296 g/mol. The quantitative estimate of drug-likeness (QED) is 0.633. The molecule has 1 heterocycles. The highest BCUT2D eigenvalue weighted by molar-refractivity contribution is 5.85. The van der Waals surface area contributed by atoms with Gasteiger partial charge in [-0.1, -0.05) is 19.1 Å². The fourth-order valence-electron chi connectivity index (χ4n) is 2.37. The first kappa shape index (κ1) is 16.8. The van der Waals surface area contributed by atoms with E-state index in [-0.39, 0.29) is 12.5 Å². The molecule has 0 aliphatic carbocycles. The van der Waals surface area contributed by atoms with Crippen LogP contribution in [0.5, 0.6) is 5.75 Å². The number of carbonyl (C=O) groups excluding carboxylic acids is 2. The van der Waals surface area contributed by atoms with E-state index in [0.717, 1.165) is 25.9 Å². The fraction of sp³-hybridized carbons (Fsp3) is 0.438. The van der Waals surface area contributed by atoms with E-state index in [0.29, 0.717) is 17.2 Å². The molecule has 23 heavy (non-hydrogen) atoms. The number of amides is 3. The minimum absolute atomic E-state index is 0.0114. The van der Waals surface area contributed by atoms with E-state index in [2.05, 4.69) is 17.5 Å². The van der Waals surface area contributed by atoms with Crippen LogP contribution >= 0.6 is 0 Å². The summed E-state index contributed by atoms with van der Waals surface area (Å²) in [4.78, 5) is 24.6. The van der Waals surface area contributed by atoms with Crippen LogP contribution in [0.4, 0.5) is 4.79 Å². The lowest BCUT2D eigenvalue weighted by molar-refractivity contribution is -0.134. The van der Waals surface area contributed by atoms with E-state index in [1.54, 1.807) is 18.2 Å². The Balaban J connectivity index is 1.91. The van der Waals surface area contributed by atoms with Crippen molar-refractivity contribution in [1.82, 2.24) is 10.3 Å². The summed E-state index contributed by atoms with van der Waals surface area (Å²) in [6.07, 6.45) is 3.49. The second-order valence-corrected chi connectivity index (χ2v) is 5.62. The van der Waals surface area contributed by atoms with E-state index in [1.165, 1.54) is 6.21 Å². The third-order valence-corrected chi connectivity index (χ3v) is 3.78. The van der Waals surface area contributed by atoms with Crippen molar-refractivity contribution in [1.29, 1.82) is 0 Å². The molecule has 0 saturated carbocycles. The molecule has 3 N–H and O–H groups in total. The van der Waals surface area contributed by atoms with Gasteiger partial charge in [-0.05, 0) is 30.9 Å². The van der Waals surface area contributed by atoms with Crippen LogP contribution in [0.2, 0.25) is 0 Å². The van der Waals surface area contributed by atoms with Crippen molar-refractivity contribution in [3.63, 3.8) is 0 Å². The highest BCUT2D eigenvalue weighted by Gasteiger charge is 2.20. The van der Waals surface area contributed by atoms with Gasteiger partial charge in [-0.25, -0.2) is 10.2 Å². The Morgan fingerprint density at radius 3 is 2.78 bits per heavy atom. The predicted molar refractivity (Wildman–Crippen MR) is 87.2 cm³/mol. The second kappa shape index (κ2) is 8.17. The fourth-order valence-corrected chi connectivity index (χ4v) is 2.37. The first-order valence-corrected chi connectivity index (χ1v) is 7.64. The highest BCUT2D eigenvalue weighted by Crippen LogP contribution is 2.18. The number of carbonyl (C=O) groups is 2. The second-order valence-electron chi connectivity index (χ2n) is 5.62. The van der Waals surface area contributed by atoms with Gasteiger partial charge >= 0.3 is 6.03 Å². The molecule has 1 aromatic rings. The first-order chi connectivity index (χ1) is 11.1. The number of para-hydroxylation sites is 1. The van der Waals surface area contributed by atoms with Gasteiger partial charge < -0.3 is 15.4 Å². The molecule has 1 aromatic carbocycles. The van der Waals surface area contributed by atoms with Crippen LogP contribution in [-0.2, 0) is 4.79 Å². The summed E-state index contributed by atoms with van der Waals surface area (Å²) < 4.78 is 5.61. The van der Waals surface area contributed by atoms with Crippen LogP contribution in [0.15, 0.2) is 29.4 Å². The van der Waals surface area contributed by atoms with Gasteiger partial charge in [0.2, 0.25) is 0 Å². The maximum absolute atomic E-state index is 12.2. The maximum atomic E-state index is 12.2. The number of hydrazone groups is 1. The largest absolute Gasteiger partial charge is 0.483 e. The number of urea groups is 1. The third kappa shape index (κ3) is 5.28. The number of nitrogens with one attached hydrogen (secondary N) is 1. The Labute approximate surface area is 135 Å². The number of benzene rings is 1. The van der Waals surface area contributed by atoms with Crippen LogP contribution in [0.1, 0.15) is 25.3 Å². The molecule has 1 aliphatic heterocycles. The number of rotatable bonds is 5. The number of primary amides is 1. The third-order valence-electron chi connectivity index (χ3n) is 3.78. The monoisotopic (exact) mass is 318 g/mol. The summed E-state index contributed by atoms with van der Waals surface area (Å²) in [5.74, 6) is 1.19. The zero-order chi connectivity index (χ0) is 16.7. The number of hydrogen-bond acceptors (Lipinski definition) is 4. The molecule has 7 heteroatoms. The minimum Gasteiger partial charge on any atom is -0.483 e. The van der Waals surface area contributed by atoms with Crippen molar-refractivity contribution < 1.29 is 14.3 Å². The van der Waals surface area contributed by atoms with Gasteiger partial charge in [0, 0.05) is 18.7 Å². The summed E-state index contributed by atoms with van der Waals surface area (Å²) in [6, 6.07) is 6.40. The van der Waals surface area contributed by atoms with Gasteiger partial charge in [-0.15, -0.1) is 0 Å². The van der Waals surface area contributed by atoms with Crippen LogP contribution in [0.3, 0.4) is 0 Å². The molecule has 3 amide bonds. The standard InChI is InChI=1S/C16H22N4O3/c1-12-6-8-20(9-7-12)15(21)11-23-14-5-3-2-4-13(14)10-18-19-16(17)22/h2-5,10,12H,6-9,11H2,1H3,(H3,17,19,22). The molecule has 2 rings (SSSR count). The number of piperidine rings is 1. The lowest BCUT2D eigenvalue weighted by Crippen LogP contribution is -2.40. The average Bonchev–Trinajstić information content (AvgIpc) is 2.54. The summed E-state index contributed by atoms with van der Waals surface area (Å²) in [6.45, 7) is 3.76. The van der Waals surface area contributed by atoms with E-state index >= 15 is 0 Å². The Kier molecular flexibility index (Phi) is 5.96. The lowest BCUT2D eigenvalue weighted by atomic mass is 9.99. The zero-order valence-corrected chi connectivity index (χ0v) is 13.2. The van der Waals surface area contributed by atoms with Crippen LogP contribution in [-0.4, -0.2) is 42.7 Å². The van der Waals surface area contributed by atoms with Crippen molar-refractivity contribution in [3.8, 4) is 5.75 Å². The Morgan fingerprint density at radius 2 is 2.09 bits per heavy atom. The summed E-state index contributed by atoms with van der Waals surface area (Å²) in [5.41, 5.74) is 7.71.